The number of fused-ring (bicyclic) bond motifs is 5. The predicted molar refractivity (Wildman–Crippen MR) is 142 cm³/mol. The van der Waals surface area contributed by atoms with E-state index in [0.717, 1.165) is 28.8 Å². The van der Waals surface area contributed by atoms with Crippen molar-refractivity contribution in [1.82, 2.24) is 9.38 Å². The summed E-state index contributed by atoms with van der Waals surface area (Å²) in [6.45, 7) is 0. The van der Waals surface area contributed by atoms with Crippen LogP contribution in [0.15, 0.2) is 91.1 Å². The summed E-state index contributed by atoms with van der Waals surface area (Å²) in [5.74, 6) is 0. The number of nitrogens with zero attached hydrogens (tertiary/aromatic N) is 2. The third kappa shape index (κ3) is 3.27. The summed E-state index contributed by atoms with van der Waals surface area (Å²) in [5, 5.41) is 1.25. The quantitative estimate of drug-likeness (QED) is 0.112. The first kappa shape index (κ1) is 26.4. The third-order valence-corrected chi connectivity index (χ3v) is 7.95. The number of benzene rings is 4. The Morgan fingerprint density at radius 1 is 0.548 bits per heavy atom. The van der Waals surface area contributed by atoms with E-state index in [9.17, 15) is 39.5 Å². The van der Waals surface area contributed by atoms with E-state index in [1.807, 2.05) is 48.5 Å². The van der Waals surface area contributed by atoms with Crippen LogP contribution in [-0.2, 0) is 5.41 Å². The highest BCUT2D eigenvalue weighted by atomic mass is 19.4. The van der Waals surface area contributed by atoms with E-state index in [1.165, 1.54) is 6.07 Å². The molecule has 42 heavy (non-hydrogen) atoms. The van der Waals surface area contributed by atoms with Crippen LogP contribution < -0.4 is 0 Å². The van der Waals surface area contributed by atoms with Crippen molar-refractivity contribution in [3.05, 3.63) is 96.7 Å². The van der Waals surface area contributed by atoms with Crippen LogP contribution in [0.25, 0.3) is 60.1 Å². The van der Waals surface area contributed by atoms with Crippen LogP contribution in [0.3, 0.4) is 0 Å². The fourth-order valence-electron chi connectivity index (χ4n) is 6.19. The summed E-state index contributed by atoms with van der Waals surface area (Å²) in [4.78, 5) is 4.40. The maximum atomic E-state index is 14.1. The third-order valence-electron chi connectivity index (χ3n) is 7.95. The number of hydrogen-bond donors (Lipinski definition) is 0. The van der Waals surface area contributed by atoms with Crippen LogP contribution in [0.5, 0.6) is 0 Å². The Balaban J connectivity index is 1.66. The van der Waals surface area contributed by atoms with Crippen molar-refractivity contribution in [3.63, 3.8) is 0 Å². The molecule has 0 fully saturated rings. The lowest BCUT2D eigenvalue weighted by Crippen LogP contribution is -2.63. The number of rotatable bonds is 2. The zero-order valence-corrected chi connectivity index (χ0v) is 21.0. The van der Waals surface area contributed by atoms with Crippen molar-refractivity contribution in [2.75, 3.05) is 0 Å². The Bertz CT molecular complexity index is 2120. The van der Waals surface area contributed by atoms with Crippen LogP contribution in [0.2, 0.25) is 0 Å². The molecule has 7 rings (SSSR count). The smallest absolute Gasteiger partial charge is 0.293 e. The molecule has 0 bridgehead atoms. The van der Waals surface area contributed by atoms with Gasteiger partial charge in [-0.25, -0.2) is 4.98 Å². The zero-order valence-electron chi connectivity index (χ0n) is 21.0. The molecule has 0 saturated heterocycles. The molecule has 11 heteroatoms. The molecule has 0 N–H and O–H groups in total. The Kier molecular flexibility index (Phi) is 5.19. The molecule has 0 spiro atoms. The van der Waals surface area contributed by atoms with Crippen molar-refractivity contribution >= 4 is 49.0 Å². The van der Waals surface area contributed by atoms with Crippen molar-refractivity contribution < 1.29 is 39.5 Å². The van der Waals surface area contributed by atoms with Gasteiger partial charge < -0.3 is 0 Å². The molecule has 0 radical (unpaired) electrons. The van der Waals surface area contributed by atoms with Crippen LogP contribution in [0.4, 0.5) is 39.5 Å². The molecular formula is C31H15F9N2. The van der Waals surface area contributed by atoms with Gasteiger partial charge in [-0.2, -0.15) is 39.5 Å². The van der Waals surface area contributed by atoms with Crippen LogP contribution in [0.1, 0.15) is 5.56 Å². The van der Waals surface area contributed by atoms with Crippen LogP contribution in [-0.4, -0.2) is 27.9 Å². The Hall–Kier alpha value is -4.54. The lowest BCUT2D eigenvalue weighted by atomic mass is 9.76. The minimum absolute atomic E-state index is 0.145. The van der Waals surface area contributed by atoms with E-state index in [-0.39, 0.29) is 27.2 Å². The van der Waals surface area contributed by atoms with Gasteiger partial charge in [0.2, 0.25) is 0 Å². The van der Waals surface area contributed by atoms with Gasteiger partial charge in [0, 0.05) is 27.7 Å². The molecule has 212 valence electrons. The van der Waals surface area contributed by atoms with Gasteiger partial charge in [-0.15, -0.1) is 0 Å². The van der Waals surface area contributed by atoms with E-state index in [1.54, 1.807) is 16.5 Å². The second kappa shape index (κ2) is 8.27. The number of para-hydroxylation sites is 1. The molecule has 0 aliphatic carbocycles. The maximum Gasteiger partial charge on any atom is 0.416 e. The van der Waals surface area contributed by atoms with Gasteiger partial charge in [-0.05, 0) is 57.8 Å². The standard InChI is InChI=1S/C31H15F9N2/c32-29(33,34)28(30(35,36)37,31(38,39)40)19-13-18-11-12-41-27-25(18)23(15-19)21-8-4-7-20-22-14-17(16-5-2-1-3-6-16)9-10-24(22)42(27)26(20)21/h1-15H. The van der Waals surface area contributed by atoms with Gasteiger partial charge >= 0.3 is 18.5 Å². The van der Waals surface area contributed by atoms with Gasteiger partial charge in [0.25, 0.3) is 5.41 Å². The highest BCUT2D eigenvalue weighted by molar-refractivity contribution is 6.26. The molecule has 0 unspecified atom stereocenters. The van der Waals surface area contributed by atoms with E-state index in [0.29, 0.717) is 28.6 Å². The van der Waals surface area contributed by atoms with Crippen molar-refractivity contribution in [3.8, 4) is 11.1 Å². The Morgan fingerprint density at radius 3 is 1.83 bits per heavy atom. The largest absolute Gasteiger partial charge is 0.416 e. The molecule has 0 saturated carbocycles. The topological polar surface area (TPSA) is 17.3 Å². The monoisotopic (exact) mass is 586 g/mol. The summed E-state index contributed by atoms with van der Waals surface area (Å²) in [5.41, 5.74) is -5.00. The molecule has 0 aliphatic rings. The van der Waals surface area contributed by atoms with Crippen molar-refractivity contribution in [1.29, 1.82) is 0 Å². The minimum Gasteiger partial charge on any atom is -0.293 e. The fourth-order valence-corrected chi connectivity index (χ4v) is 6.19. The highest BCUT2D eigenvalue weighted by Crippen LogP contribution is 2.61. The van der Waals surface area contributed by atoms with E-state index >= 15 is 0 Å². The first-order chi connectivity index (χ1) is 19.8. The number of hydrogen-bond acceptors (Lipinski definition) is 1. The maximum absolute atomic E-state index is 14.1. The molecule has 0 amide bonds. The van der Waals surface area contributed by atoms with E-state index < -0.39 is 29.5 Å². The minimum atomic E-state index is -6.73. The van der Waals surface area contributed by atoms with Crippen LogP contribution in [0, 0.1) is 0 Å². The van der Waals surface area contributed by atoms with E-state index in [4.69, 9.17) is 0 Å². The normalized spacial score (nSPS) is 13.8. The second-order valence-electron chi connectivity index (χ2n) is 10.1. The average molecular weight is 586 g/mol. The highest BCUT2D eigenvalue weighted by Gasteiger charge is 2.84. The first-order valence-electron chi connectivity index (χ1n) is 12.5. The molecule has 7 aromatic rings. The number of halogens is 9. The van der Waals surface area contributed by atoms with Gasteiger partial charge in [-0.1, -0.05) is 54.6 Å². The van der Waals surface area contributed by atoms with Crippen LogP contribution >= 0.6 is 0 Å². The fraction of sp³-hybridized carbons (Fsp3) is 0.129. The Morgan fingerprint density at radius 2 is 1.19 bits per heavy atom. The molecule has 0 atom stereocenters. The lowest BCUT2D eigenvalue weighted by Gasteiger charge is -2.39. The predicted octanol–water partition coefficient (Wildman–Crippen LogP) is 9.98. The average Bonchev–Trinajstić information content (AvgIpc) is 3.24. The van der Waals surface area contributed by atoms with Gasteiger partial charge in [0.15, 0.2) is 0 Å². The Labute approximate surface area is 229 Å². The molecule has 4 aromatic carbocycles. The molecule has 2 nitrogen and oxygen atoms in total. The van der Waals surface area contributed by atoms with Crippen molar-refractivity contribution in [2.24, 2.45) is 0 Å². The molecule has 3 aromatic heterocycles. The van der Waals surface area contributed by atoms with Gasteiger partial charge in [-0.3, -0.25) is 4.40 Å². The number of pyridine rings is 2. The SMILES string of the molecule is FC(F)(F)C(c1cc2ccnc3c2c(c1)c1cccc2c4cc(-c5ccccc5)ccc4n3c12)(C(F)(F)F)C(F)(F)F. The zero-order chi connectivity index (χ0) is 29.8. The van der Waals surface area contributed by atoms with Gasteiger partial charge in [0.1, 0.15) is 5.65 Å². The molecular weight excluding hydrogens is 571 g/mol. The van der Waals surface area contributed by atoms with Gasteiger partial charge in [0.05, 0.1) is 11.0 Å². The lowest BCUT2D eigenvalue weighted by molar-refractivity contribution is -0.387. The number of aromatic nitrogens is 2. The summed E-state index contributed by atoms with van der Waals surface area (Å²) in [6.07, 6.45) is -19.0. The molecule has 3 heterocycles. The second-order valence-corrected chi connectivity index (χ2v) is 10.1. The molecule has 0 aliphatic heterocycles. The number of alkyl halides is 9. The summed E-state index contributed by atoms with van der Waals surface area (Å²) >= 11 is 0. The van der Waals surface area contributed by atoms with Crippen molar-refractivity contribution in [2.45, 2.75) is 23.9 Å². The summed E-state index contributed by atoms with van der Waals surface area (Å²) < 4.78 is 129. The van der Waals surface area contributed by atoms with E-state index in [2.05, 4.69) is 4.98 Å². The first-order valence-corrected chi connectivity index (χ1v) is 12.5. The summed E-state index contributed by atoms with van der Waals surface area (Å²) in [6, 6.07) is 21.7. The summed E-state index contributed by atoms with van der Waals surface area (Å²) in [7, 11) is 0.